The zero-order chi connectivity index (χ0) is 26.4. The number of nitrogens with zero attached hydrogens (tertiary/aromatic N) is 2. The van der Waals surface area contributed by atoms with Crippen molar-refractivity contribution in [1.29, 1.82) is 0 Å². The van der Waals surface area contributed by atoms with Crippen LogP contribution >= 0.6 is 0 Å². The first-order valence-corrected chi connectivity index (χ1v) is 12.5. The lowest BCUT2D eigenvalue weighted by atomic mass is 9.94. The topological polar surface area (TPSA) is 88.5 Å². The highest BCUT2D eigenvalue weighted by atomic mass is 16.5. The van der Waals surface area contributed by atoms with Gasteiger partial charge in [-0.1, -0.05) is 24.8 Å². The van der Waals surface area contributed by atoms with Crippen molar-refractivity contribution in [2.45, 2.75) is 19.4 Å². The van der Waals surface area contributed by atoms with Crippen molar-refractivity contribution in [3.63, 3.8) is 0 Å². The van der Waals surface area contributed by atoms with E-state index in [-0.39, 0.29) is 11.3 Å². The number of aliphatic hydroxyl groups excluding tert-OH is 1. The number of ketones is 1. The molecule has 2 aromatic rings. The molecule has 0 aromatic heterocycles. The molecule has 2 saturated heterocycles. The van der Waals surface area contributed by atoms with Gasteiger partial charge in [-0.15, -0.1) is 0 Å². The van der Waals surface area contributed by atoms with E-state index in [1.807, 2.05) is 19.1 Å². The summed E-state index contributed by atoms with van der Waals surface area (Å²) in [7, 11) is 1.58. The summed E-state index contributed by atoms with van der Waals surface area (Å²) in [6.45, 7) is 10.2. The Hall–Kier alpha value is -3.62. The first kappa shape index (κ1) is 26.4. The van der Waals surface area contributed by atoms with E-state index >= 15 is 0 Å². The van der Waals surface area contributed by atoms with Crippen LogP contribution in [0.25, 0.3) is 5.76 Å². The van der Waals surface area contributed by atoms with Gasteiger partial charge in [-0.2, -0.15) is 0 Å². The summed E-state index contributed by atoms with van der Waals surface area (Å²) in [5.74, 6) is -0.167. The number of amides is 1. The SMILES string of the molecule is C=CCOc1ccc(/C(O)=C2\C(=O)C(=O)N(CCCN3CCOCC3)C2c2ccc(OC)cc2)cc1C. The maximum Gasteiger partial charge on any atom is 0.295 e. The third kappa shape index (κ3) is 5.87. The largest absolute Gasteiger partial charge is 0.507 e. The molecule has 1 atom stereocenters. The Labute approximate surface area is 217 Å². The Kier molecular flexibility index (Phi) is 8.63. The van der Waals surface area contributed by atoms with E-state index in [1.165, 1.54) is 0 Å². The number of carbonyl (C=O) groups excluding carboxylic acids is 2. The first-order chi connectivity index (χ1) is 17.9. The Balaban J connectivity index is 1.67. The third-order valence-electron chi connectivity index (χ3n) is 6.75. The minimum atomic E-state index is -0.701. The van der Waals surface area contributed by atoms with Crippen LogP contribution in [0.1, 0.15) is 29.2 Å². The van der Waals surface area contributed by atoms with Crippen LogP contribution in [0.2, 0.25) is 0 Å². The fourth-order valence-electron chi connectivity index (χ4n) is 4.80. The average molecular weight is 507 g/mol. The van der Waals surface area contributed by atoms with Gasteiger partial charge < -0.3 is 24.2 Å². The van der Waals surface area contributed by atoms with Crippen LogP contribution < -0.4 is 9.47 Å². The fraction of sp³-hybridized carbons (Fsp3) is 0.379. The van der Waals surface area contributed by atoms with Crippen molar-refractivity contribution in [3.8, 4) is 11.5 Å². The molecule has 0 radical (unpaired) electrons. The molecule has 196 valence electrons. The molecule has 2 aliphatic heterocycles. The monoisotopic (exact) mass is 506 g/mol. The molecule has 8 heteroatoms. The van der Waals surface area contributed by atoms with Crippen LogP contribution in [0, 0.1) is 6.92 Å². The van der Waals surface area contributed by atoms with Gasteiger partial charge in [-0.3, -0.25) is 14.5 Å². The van der Waals surface area contributed by atoms with Gasteiger partial charge in [-0.25, -0.2) is 0 Å². The molecule has 2 fully saturated rings. The van der Waals surface area contributed by atoms with Gasteiger partial charge in [0.2, 0.25) is 0 Å². The Morgan fingerprint density at radius 2 is 1.86 bits per heavy atom. The lowest BCUT2D eigenvalue weighted by Crippen LogP contribution is -2.38. The van der Waals surface area contributed by atoms with E-state index in [2.05, 4.69) is 11.5 Å². The van der Waals surface area contributed by atoms with Crippen molar-refractivity contribution in [1.82, 2.24) is 9.80 Å². The van der Waals surface area contributed by atoms with E-state index in [4.69, 9.17) is 14.2 Å². The summed E-state index contributed by atoms with van der Waals surface area (Å²) >= 11 is 0. The number of likely N-dealkylation sites (tertiary alicyclic amines) is 1. The summed E-state index contributed by atoms with van der Waals surface area (Å²) in [6.07, 6.45) is 2.36. The van der Waals surface area contributed by atoms with E-state index in [9.17, 15) is 14.7 Å². The molecule has 8 nitrogen and oxygen atoms in total. The second-order valence-electron chi connectivity index (χ2n) is 9.15. The molecule has 2 aromatic carbocycles. The number of Topliss-reactive ketones (excluding diaryl/α,β-unsaturated/α-hetero) is 1. The van der Waals surface area contributed by atoms with Crippen molar-refractivity contribution in [3.05, 3.63) is 77.4 Å². The molecule has 2 heterocycles. The number of hydrogen-bond acceptors (Lipinski definition) is 7. The van der Waals surface area contributed by atoms with Crippen LogP contribution in [0.3, 0.4) is 0 Å². The highest BCUT2D eigenvalue weighted by Gasteiger charge is 2.45. The molecule has 0 bridgehead atoms. The van der Waals surface area contributed by atoms with Crippen LogP contribution in [0.15, 0.2) is 60.7 Å². The molecule has 0 aliphatic carbocycles. The van der Waals surface area contributed by atoms with Crippen LogP contribution in [0.4, 0.5) is 0 Å². The van der Waals surface area contributed by atoms with Gasteiger partial charge in [0.25, 0.3) is 11.7 Å². The lowest BCUT2D eigenvalue weighted by Gasteiger charge is -2.29. The molecule has 1 N–H and O–H groups in total. The minimum Gasteiger partial charge on any atom is -0.507 e. The fourth-order valence-corrected chi connectivity index (χ4v) is 4.80. The van der Waals surface area contributed by atoms with E-state index < -0.39 is 17.7 Å². The van der Waals surface area contributed by atoms with Crippen molar-refractivity contribution >= 4 is 17.4 Å². The number of hydrogen-bond donors (Lipinski definition) is 1. The summed E-state index contributed by atoms with van der Waals surface area (Å²) in [4.78, 5) is 30.4. The molecular weight excluding hydrogens is 472 g/mol. The molecule has 2 aliphatic rings. The Bertz CT molecular complexity index is 1170. The number of ether oxygens (including phenoxy) is 3. The maximum absolute atomic E-state index is 13.3. The maximum atomic E-state index is 13.3. The number of methoxy groups -OCH3 is 1. The van der Waals surface area contributed by atoms with Gasteiger partial charge >= 0.3 is 0 Å². The highest BCUT2D eigenvalue weighted by Crippen LogP contribution is 2.40. The molecule has 4 rings (SSSR count). The smallest absolute Gasteiger partial charge is 0.295 e. The van der Waals surface area contributed by atoms with Gasteiger partial charge in [-0.05, 0) is 54.8 Å². The zero-order valence-electron chi connectivity index (χ0n) is 21.4. The predicted octanol–water partition coefficient (Wildman–Crippen LogP) is 3.71. The average Bonchev–Trinajstić information content (AvgIpc) is 3.17. The van der Waals surface area contributed by atoms with Crippen molar-refractivity contribution in [2.24, 2.45) is 0 Å². The highest BCUT2D eigenvalue weighted by molar-refractivity contribution is 6.46. The number of benzene rings is 2. The molecule has 0 spiro atoms. The van der Waals surface area contributed by atoms with E-state index in [1.54, 1.807) is 48.4 Å². The summed E-state index contributed by atoms with van der Waals surface area (Å²) in [5.41, 5.74) is 2.07. The van der Waals surface area contributed by atoms with Gasteiger partial charge in [0.15, 0.2) is 0 Å². The Morgan fingerprint density at radius 1 is 1.14 bits per heavy atom. The van der Waals surface area contributed by atoms with Crippen LogP contribution in [-0.4, -0.2) is 79.7 Å². The molecule has 1 amide bonds. The summed E-state index contributed by atoms with van der Waals surface area (Å²) in [6, 6.07) is 11.7. The van der Waals surface area contributed by atoms with Gasteiger partial charge in [0.1, 0.15) is 23.9 Å². The second-order valence-corrected chi connectivity index (χ2v) is 9.15. The van der Waals surface area contributed by atoms with Crippen LogP contribution in [-0.2, 0) is 14.3 Å². The van der Waals surface area contributed by atoms with Gasteiger partial charge in [0.05, 0.1) is 31.9 Å². The number of aryl methyl sites for hydroxylation is 1. The number of morpholine rings is 1. The van der Waals surface area contributed by atoms with Gasteiger partial charge in [0, 0.05) is 31.7 Å². The first-order valence-electron chi connectivity index (χ1n) is 12.5. The number of rotatable bonds is 10. The molecule has 37 heavy (non-hydrogen) atoms. The summed E-state index contributed by atoms with van der Waals surface area (Å²) in [5, 5.41) is 11.4. The van der Waals surface area contributed by atoms with Crippen LogP contribution in [0.5, 0.6) is 11.5 Å². The normalized spacial score (nSPS) is 19.7. The number of carbonyl (C=O) groups is 2. The minimum absolute atomic E-state index is 0.0840. The standard InChI is InChI=1S/C29H34N2O6/c1-4-16-37-24-11-8-22(19-20(24)2)27(32)25-26(21-6-9-23(35-3)10-7-21)31(29(34)28(25)33)13-5-12-30-14-17-36-18-15-30/h4,6-11,19,26,32H,1,5,12-18H2,2-3H3/b27-25+. The zero-order valence-corrected chi connectivity index (χ0v) is 21.4. The third-order valence-corrected chi connectivity index (χ3v) is 6.75. The quantitative estimate of drug-likeness (QED) is 0.227. The number of aliphatic hydroxyl groups is 1. The lowest BCUT2D eigenvalue weighted by molar-refractivity contribution is -0.140. The van der Waals surface area contributed by atoms with Crippen molar-refractivity contribution < 1.29 is 28.9 Å². The van der Waals surface area contributed by atoms with E-state index in [0.717, 1.165) is 30.8 Å². The molecule has 1 unspecified atom stereocenters. The molecule has 0 saturated carbocycles. The molecular formula is C29H34N2O6. The predicted molar refractivity (Wildman–Crippen MR) is 141 cm³/mol. The second kappa shape index (κ2) is 12.1. The van der Waals surface area contributed by atoms with E-state index in [0.29, 0.717) is 49.8 Å². The van der Waals surface area contributed by atoms with Crippen molar-refractivity contribution in [2.75, 3.05) is 53.1 Å². The summed E-state index contributed by atoms with van der Waals surface area (Å²) < 4.78 is 16.3. The Morgan fingerprint density at radius 3 is 2.51 bits per heavy atom.